The molecule has 4 aromatic rings. The van der Waals surface area contributed by atoms with Crippen molar-refractivity contribution in [1.29, 1.82) is 0 Å². The zero-order chi connectivity index (χ0) is 17.9. The van der Waals surface area contributed by atoms with Gasteiger partial charge in [-0.15, -0.1) is 0 Å². The fourth-order valence-electron chi connectivity index (χ4n) is 2.94. The van der Waals surface area contributed by atoms with E-state index in [1.54, 1.807) is 12.1 Å². The summed E-state index contributed by atoms with van der Waals surface area (Å²) in [6.07, 6.45) is 0. The fourth-order valence-corrected chi connectivity index (χ4v) is 3.12. The minimum Gasteiger partial charge on any atom is -0.323 e. The van der Waals surface area contributed by atoms with Gasteiger partial charge in [0.25, 0.3) is 0 Å². The summed E-state index contributed by atoms with van der Waals surface area (Å²) in [7, 11) is 0. The molecule has 0 aliphatic rings. The Kier molecular flexibility index (Phi) is 4.42. The maximum absolute atomic E-state index is 12.6. The van der Waals surface area contributed by atoms with Crippen molar-refractivity contribution in [2.45, 2.75) is 6.54 Å². The van der Waals surface area contributed by atoms with Crippen molar-refractivity contribution >= 4 is 34.2 Å². The van der Waals surface area contributed by atoms with E-state index in [1.165, 1.54) is 0 Å². The zero-order valence-corrected chi connectivity index (χ0v) is 14.6. The standard InChI is InChI=1S/C21H16ClN3O/c22-16-10-4-5-11-17(16)23-20(26)14-25-19-13-7-6-12-18(19)24-21(25)15-8-2-1-3-9-15/h1-13H,14H2,(H,23,26). The molecule has 0 aliphatic carbocycles. The molecule has 5 heteroatoms. The molecule has 0 unspecified atom stereocenters. The molecule has 0 saturated carbocycles. The lowest BCUT2D eigenvalue weighted by atomic mass is 10.2. The van der Waals surface area contributed by atoms with Crippen LogP contribution in [0, 0.1) is 0 Å². The summed E-state index contributed by atoms with van der Waals surface area (Å²) >= 11 is 6.14. The predicted molar refractivity (Wildman–Crippen MR) is 105 cm³/mol. The van der Waals surface area contributed by atoms with Crippen LogP contribution in [0.4, 0.5) is 5.69 Å². The molecule has 4 rings (SSSR count). The van der Waals surface area contributed by atoms with Crippen molar-refractivity contribution < 1.29 is 4.79 Å². The van der Waals surface area contributed by atoms with Crippen LogP contribution in [0.1, 0.15) is 0 Å². The second-order valence-electron chi connectivity index (χ2n) is 5.90. The van der Waals surface area contributed by atoms with Crippen LogP contribution in [-0.4, -0.2) is 15.5 Å². The number of anilines is 1. The van der Waals surface area contributed by atoms with Crippen molar-refractivity contribution in [2.24, 2.45) is 0 Å². The monoisotopic (exact) mass is 361 g/mol. The summed E-state index contributed by atoms with van der Waals surface area (Å²) in [5.41, 5.74) is 3.34. The molecule has 4 nitrogen and oxygen atoms in total. The van der Waals surface area contributed by atoms with E-state index in [0.29, 0.717) is 10.7 Å². The molecule has 1 heterocycles. The maximum atomic E-state index is 12.6. The van der Waals surface area contributed by atoms with E-state index in [1.807, 2.05) is 71.3 Å². The lowest BCUT2D eigenvalue weighted by Crippen LogP contribution is -2.19. The van der Waals surface area contributed by atoms with Crippen LogP contribution >= 0.6 is 11.6 Å². The van der Waals surface area contributed by atoms with Crippen LogP contribution in [0.2, 0.25) is 5.02 Å². The van der Waals surface area contributed by atoms with Crippen molar-refractivity contribution in [1.82, 2.24) is 9.55 Å². The van der Waals surface area contributed by atoms with Crippen LogP contribution < -0.4 is 5.32 Å². The Balaban J connectivity index is 1.71. The molecule has 1 amide bonds. The molecule has 0 radical (unpaired) electrons. The van der Waals surface area contributed by atoms with E-state index in [0.717, 1.165) is 22.4 Å². The summed E-state index contributed by atoms with van der Waals surface area (Å²) in [4.78, 5) is 17.4. The summed E-state index contributed by atoms with van der Waals surface area (Å²) in [6, 6.07) is 24.9. The van der Waals surface area contributed by atoms with Gasteiger partial charge in [0, 0.05) is 5.56 Å². The number of nitrogens with one attached hydrogen (secondary N) is 1. The highest BCUT2D eigenvalue weighted by Gasteiger charge is 2.15. The second kappa shape index (κ2) is 7.02. The third-order valence-corrected chi connectivity index (χ3v) is 4.47. The van der Waals surface area contributed by atoms with Gasteiger partial charge >= 0.3 is 0 Å². The highest BCUT2D eigenvalue weighted by molar-refractivity contribution is 6.33. The Hall–Kier alpha value is -3.11. The van der Waals surface area contributed by atoms with E-state index >= 15 is 0 Å². The molecule has 3 aromatic carbocycles. The van der Waals surface area contributed by atoms with Gasteiger partial charge in [-0.2, -0.15) is 0 Å². The molecular weight excluding hydrogens is 346 g/mol. The number of rotatable bonds is 4. The number of amides is 1. The molecule has 26 heavy (non-hydrogen) atoms. The molecular formula is C21H16ClN3O. The number of halogens is 1. The number of carbonyl (C=O) groups is 1. The topological polar surface area (TPSA) is 46.9 Å². The molecule has 0 aliphatic heterocycles. The van der Waals surface area contributed by atoms with Crippen LogP contribution in [0.5, 0.6) is 0 Å². The first-order chi connectivity index (χ1) is 12.7. The largest absolute Gasteiger partial charge is 0.323 e. The Morgan fingerprint density at radius 1 is 0.923 bits per heavy atom. The number of imidazole rings is 1. The maximum Gasteiger partial charge on any atom is 0.244 e. The highest BCUT2D eigenvalue weighted by atomic mass is 35.5. The lowest BCUT2D eigenvalue weighted by Gasteiger charge is -2.11. The van der Waals surface area contributed by atoms with Crippen LogP contribution in [0.15, 0.2) is 78.9 Å². The van der Waals surface area contributed by atoms with Crippen LogP contribution in [0.25, 0.3) is 22.4 Å². The Bertz CT molecular complexity index is 1070. The molecule has 0 spiro atoms. The first-order valence-electron chi connectivity index (χ1n) is 8.27. The molecule has 0 atom stereocenters. The average Bonchev–Trinajstić information content (AvgIpc) is 3.03. The average molecular weight is 362 g/mol. The minimum atomic E-state index is -0.154. The van der Waals surface area contributed by atoms with E-state index in [4.69, 9.17) is 16.6 Å². The predicted octanol–water partition coefficient (Wildman–Crippen LogP) is 5.00. The van der Waals surface area contributed by atoms with Gasteiger partial charge in [-0.1, -0.05) is 66.2 Å². The van der Waals surface area contributed by atoms with Gasteiger partial charge in [0.2, 0.25) is 5.91 Å². The SMILES string of the molecule is O=C(Cn1c(-c2ccccc2)nc2ccccc21)Nc1ccccc1Cl. The lowest BCUT2D eigenvalue weighted by molar-refractivity contribution is -0.116. The molecule has 0 fully saturated rings. The van der Waals surface area contributed by atoms with Crippen molar-refractivity contribution in [3.8, 4) is 11.4 Å². The van der Waals surface area contributed by atoms with Crippen LogP contribution in [0.3, 0.4) is 0 Å². The van der Waals surface area contributed by atoms with Gasteiger partial charge in [0.1, 0.15) is 12.4 Å². The van der Waals surface area contributed by atoms with Gasteiger partial charge in [-0.3, -0.25) is 4.79 Å². The second-order valence-corrected chi connectivity index (χ2v) is 6.31. The van der Waals surface area contributed by atoms with E-state index < -0.39 is 0 Å². The third kappa shape index (κ3) is 3.19. The Morgan fingerprint density at radius 2 is 1.62 bits per heavy atom. The van der Waals surface area contributed by atoms with Gasteiger partial charge < -0.3 is 9.88 Å². The Morgan fingerprint density at radius 3 is 2.42 bits per heavy atom. The summed E-state index contributed by atoms with van der Waals surface area (Å²) in [5.74, 6) is 0.611. The van der Waals surface area contributed by atoms with Gasteiger partial charge in [-0.25, -0.2) is 4.98 Å². The summed E-state index contributed by atoms with van der Waals surface area (Å²) in [6.45, 7) is 0.149. The smallest absolute Gasteiger partial charge is 0.244 e. The van der Waals surface area contributed by atoms with E-state index in [-0.39, 0.29) is 12.5 Å². The molecule has 128 valence electrons. The Labute approximate surface area is 156 Å². The number of para-hydroxylation sites is 3. The number of fused-ring (bicyclic) bond motifs is 1. The van der Waals surface area contributed by atoms with Crippen molar-refractivity contribution in [3.63, 3.8) is 0 Å². The molecule has 1 N–H and O–H groups in total. The number of hydrogen-bond donors (Lipinski definition) is 1. The minimum absolute atomic E-state index is 0.149. The quantitative estimate of drug-likeness (QED) is 0.556. The normalized spacial score (nSPS) is 10.8. The van der Waals surface area contributed by atoms with Gasteiger partial charge in [0.05, 0.1) is 21.7 Å². The summed E-state index contributed by atoms with van der Waals surface area (Å²) < 4.78 is 1.93. The number of nitrogens with zero attached hydrogens (tertiary/aromatic N) is 2. The fraction of sp³-hybridized carbons (Fsp3) is 0.0476. The number of aromatic nitrogens is 2. The van der Waals surface area contributed by atoms with Crippen molar-refractivity contribution in [3.05, 3.63) is 83.9 Å². The third-order valence-electron chi connectivity index (χ3n) is 4.14. The highest BCUT2D eigenvalue weighted by Crippen LogP contribution is 2.25. The first kappa shape index (κ1) is 16.4. The first-order valence-corrected chi connectivity index (χ1v) is 8.65. The van der Waals surface area contributed by atoms with Gasteiger partial charge in [0.15, 0.2) is 0 Å². The van der Waals surface area contributed by atoms with Crippen LogP contribution in [-0.2, 0) is 11.3 Å². The van der Waals surface area contributed by atoms with Gasteiger partial charge in [-0.05, 0) is 24.3 Å². The molecule has 0 bridgehead atoms. The number of benzene rings is 3. The number of hydrogen-bond acceptors (Lipinski definition) is 2. The van der Waals surface area contributed by atoms with E-state index in [2.05, 4.69) is 5.32 Å². The van der Waals surface area contributed by atoms with Crippen molar-refractivity contribution in [2.75, 3.05) is 5.32 Å². The molecule has 0 saturated heterocycles. The summed E-state index contributed by atoms with van der Waals surface area (Å²) in [5, 5.41) is 3.39. The zero-order valence-electron chi connectivity index (χ0n) is 13.9. The number of carbonyl (C=O) groups excluding carboxylic acids is 1. The molecule has 1 aromatic heterocycles. The van der Waals surface area contributed by atoms with E-state index in [9.17, 15) is 4.79 Å².